The van der Waals surface area contributed by atoms with Crippen LogP contribution >= 0.6 is 23.2 Å². The van der Waals surface area contributed by atoms with Crippen LogP contribution in [0.1, 0.15) is 22.5 Å². The Labute approximate surface area is 176 Å². The average Bonchev–Trinajstić information content (AvgIpc) is 2.95. The van der Waals surface area contributed by atoms with Crippen molar-refractivity contribution >= 4 is 40.3 Å². The zero-order valence-electron chi connectivity index (χ0n) is 15.7. The molecule has 0 atom stereocenters. The summed E-state index contributed by atoms with van der Waals surface area (Å²) in [4.78, 5) is 30.3. The molecule has 0 radical (unpaired) electrons. The van der Waals surface area contributed by atoms with Gasteiger partial charge >= 0.3 is 5.69 Å². The normalized spacial score (nSPS) is 11.3. The topological polar surface area (TPSA) is 105 Å². The first-order valence-electron chi connectivity index (χ1n) is 8.79. The van der Waals surface area contributed by atoms with Crippen molar-refractivity contribution in [3.63, 3.8) is 0 Å². The number of nitrogens with two attached hydrogens (primary N) is 1. The van der Waals surface area contributed by atoms with E-state index in [1.165, 1.54) is 9.13 Å². The predicted molar refractivity (Wildman–Crippen MR) is 112 cm³/mol. The maximum atomic E-state index is 13.3. The van der Waals surface area contributed by atoms with Gasteiger partial charge in [0.1, 0.15) is 5.52 Å². The Morgan fingerprint density at radius 3 is 2.59 bits per heavy atom. The second kappa shape index (κ2) is 7.46. The van der Waals surface area contributed by atoms with Gasteiger partial charge in [-0.3, -0.25) is 19.1 Å². The van der Waals surface area contributed by atoms with Gasteiger partial charge in [0.15, 0.2) is 10.8 Å². The van der Waals surface area contributed by atoms with Crippen LogP contribution in [0, 0.1) is 13.8 Å². The van der Waals surface area contributed by atoms with E-state index >= 15 is 0 Å². The first kappa shape index (κ1) is 19.4. The van der Waals surface area contributed by atoms with E-state index in [4.69, 9.17) is 28.9 Å². The van der Waals surface area contributed by atoms with Crippen LogP contribution < -0.4 is 11.4 Å². The van der Waals surface area contributed by atoms with Crippen molar-refractivity contribution in [3.8, 4) is 0 Å². The number of hydrogen-bond acceptors (Lipinski definition) is 6. The van der Waals surface area contributed by atoms with Gasteiger partial charge in [-0.1, -0.05) is 29.3 Å². The number of pyridine rings is 2. The van der Waals surface area contributed by atoms with Gasteiger partial charge in [-0.05, 0) is 37.1 Å². The molecule has 4 heterocycles. The van der Waals surface area contributed by atoms with E-state index in [0.717, 1.165) is 11.1 Å². The molecule has 0 unspecified atom stereocenters. The van der Waals surface area contributed by atoms with E-state index < -0.39 is 0 Å². The predicted octanol–water partition coefficient (Wildman–Crippen LogP) is 2.99. The van der Waals surface area contributed by atoms with E-state index in [9.17, 15) is 4.79 Å². The summed E-state index contributed by atoms with van der Waals surface area (Å²) in [5.74, 6) is -0.0159. The van der Waals surface area contributed by atoms with Crippen LogP contribution in [0.3, 0.4) is 0 Å². The summed E-state index contributed by atoms with van der Waals surface area (Å²) in [5.41, 5.74) is 9.24. The number of anilines is 1. The first-order chi connectivity index (χ1) is 13.9. The third-order valence-electron chi connectivity index (χ3n) is 4.70. The minimum absolute atomic E-state index is 0.0159. The molecule has 0 aromatic carbocycles. The van der Waals surface area contributed by atoms with Crippen molar-refractivity contribution < 1.29 is 0 Å². The minimum Gasteiger partial charge on any atom is -0.368 e. The maximum absolute atomic E-state index is 13.3. The van der Waals surface area contributed by atoms with Gasteiger partial charge in [0.2, 0.25) is 5.95 Å². The van der Waals surface area contributed by atoms with Gasteiger partial charge in [-0.15, -0.1) is 0 Å². The Balaban J connectivity index is 1.92. The molecule has 0 amide bonds. The van der Waals surface area contributed by atoms with Crippen molar-refractivity contribution in [3.05, 3.63) is 73.8 Å². The van der Waals surface area contributed by atoms with Gasteiger partial charge in [0.25, 0.3) is 0 Å². The van der Waals surface area contributed by atoms with E-state index in [0.29, 0.717) is 27.6 Å². The molecule has 4 rings (SSSR count). The Bertz CT molecular complexity index is 1280. The van der Waals surface area contributed by atoms with Crippen LogP contribution in [0.25, 0.3) is 11.2 Å². The fourth-order valence-corrected chi connectivity index (χ4v) is 3.62. The fraction of sp³-hybridized carbons (Fsp3) is 0.211. The van der Waals surface area contributed by atoms with Crippen molar-refractivity contribution in [2.75, 3.05) is 5.73 Å². The molecular formula is C19H17Cl2N7O. The molecule has 4 aromatic heterocycles. The highest BCUT2D eigenvalue weighted by molar-refractivity contribution is 6.33. The molecule has 0 saturated heterocycles. The highest BCUT2D eigenvalue weighted by atomic mass is 35.5. The van der Waals surface area contributed by atoms with E-state index in [2.05, 4.69) is 19.9 Å². The van der Waals surface area contributed by atoms with Gasteiger partial charge in [0, 0.05) is 17.4 Å². The Morgan fingerprint density at radius 1 is 1.07 bits per heavy atom. The molecule has 29 heavy (non-hydrogen) atoms. The lowest BCUT2D eigenvalue weighted by molar-refractivity contribution is 0.680. The number of imidazole rings is 1. The molecule has 4 aromatic rings. The summed E-state index contributed by atoms with van der Waals surface area (Å²) in [6.07, 6.45) is 3.34. The molecule has 0 spiro atoms. The maximum Gasteiger partial charge on any atom is 0.331 e. The monoisotopic (exact) mass is 429 g/mol. The second-order valence-corrected chi connectivity index (χ2v) is 7.38. The number of hydrogen-bond donors (Lipinski definition) is 1. The smallest absolute Gasteiger partial charge is 0.331 e. The molecule has 148 valence electrons. The van der Waals surface area contributed by atoms with E-state index in [1.807, 2.05) is 32.0 Å². The number of fused-ring (bicyclic) bond motifs is 1. The minimum atomic E-state index is -0.314. The SMILES string of the molecule is Cc1cnc(Cn2c(=O)n(Cc3ccccn3)c3c(Cl)nc(N)nc32)c(C)c1Cl. The Kier molecular flexibility index (Phi) is 4.97. The van der Waals surface area contributed by atoms with Gasteiger partial charge in [-0.25, -0.2) is 4.79 Å². The average molecular weight is 430 g/mol. The van der Waals surface area contributed by atoms with Gasteiger partial charge in [0.05, 0.1) is 24.5 Å². The summed E-state index contributed by atoms with van der Waals surface area (Å²) in [6, 6.07) is 5.49. The third-order valence-corrected chi connectivity index (χ3v) is 5.55. The number of nitrogen functional groups attached to an aromatic ring is 1. The summed E-state index contributed by atoms with van der Waals surface area (Å²) < 4.78 is 2.97. The number of rotatable bonds is 4. The lowest BCUT2D eigenvalue weighted by Gasteiger charge is -2.09. The Morgan fingerprint density at radius 2 is 1.86 bits per heavy atom. The number of aromatic nitrogens is 6. The largest absolute Gasteiger partial charge is 0.368 e. The van der Waals surface area contributed by atoms with Crippen molar-refractivity contribution in [1.29, 1.82) is 0 Å². The van der Waals surface area contributed by atoms with Gasteiger partial charge in [-0.2, -0.15) is 9.97 Å². The molecule has 0 fully saturated rings. The fourth-order valence-electron chi connectivity index (χ4n) is 3.19. The standard InChI is InChI=1S/C19H17Cl2N7O/c1-10-7-24-13(11(2)14(10)20)9-28-17-15(16(21)25-18(22)26-17)27(19(28)29)8-12-5-3-4-6-23-12/h3-7H,8-9H2,1-2H3,(H2,22,25,26). The number of halogens is 2. The summed E-state index contributed by atoms with van der Waals surface area (Å²) in [7, 11) is 0. The van der Waals surface area contributed by atoms with Crippen molar-refractivity contribution in [1.82, 2.24) is 29.1 Å². The lowest BCUT2D eigenvalue weighted by atomic mass is 10.1. The highest BCUT2D eigenvalue weighted by Gasteiger charge is 2.21. The molecule has 0 aliphatic rings. The second-order valence-electron chi connectivity index (χ2n) is 6.65. The highest BCUT2D eigenvalue weighted by Crippen LogP contribution is 2.25. The molecule has 0 bridgehead atoms. The Hall–Kier alpha value is -2.97. The summed E-state index contributed by atoms with van der Waals surface area (Å²) >= 11 is 12.7. The molecule has 10 heteroatoms. The van der Waals surface area contributed by atoms with Crippen molar-refractivity contribution in [2.24, 2.45) is 0 Å². The lowest BCUT2D eigenvalue weighted by Crippen LogP contribution is -2.26. The van der Waals surface area contributed by atoms with Gasteiger partial charge < -0.3 is 5.73 Å². The quantitative estimate of drug-likeness (QED) is 0.499. The number of aryl methyl sites for hydroxylation is 1. The molecule has 8 nitrogen and oxygen atoms in total. The van der Waals surface area contributed by atoms with E-state index in [-0.39, 0.29) is 29.9 Å². The summed E-state index contributed by atoms with van der Waals surface area (Å²) in [5, 5.41) is 0.721. The van der Waals surface area contributed by atoms with Crippen LogP contribution in [0.4, 0.5) is 5.95 Å². The van der Waals surface area contributed by atoms with Crippen LogP contribution in [0.2, 0.25) is 10.2 Å². The molecule has 2 N–H and O–H groups in total. The van der Waals surface area contributed by atoms with Crippen LogP contribution in [-0.2, 0) is 13.1 Å². The van der Waals surface area contributed by atoms with Crippen LogP contribution in [0.5, 0.6) is 0 Å². The first-order valence-corrected chi connectivity index (χ1v) is 9.55. The van der Waals surface area contributed by atoms with Crippen LogP contribution in [0.15, 0.2) is 35.4 Å². The molecule has 0 aliphatic carbocycles. The van der Waals surface area contributed by atoms with E-state index in [1.54, 1.807) is 12.4 Å². The third kappa shape index (κ3) is 3.45. The zero-order valence-corrected chi connectivity index (χ0v) is 17.2. The number of nitrogens with zero attached hydrogens (tertiary/aromatic N) is 6. The van der Waals surface area contributed by atoms with Crippen LogP contribution in [-0.4, -0.2) is 29.1 Å². The molecular weight excluding hydrogens is 413 g/mol. The zero-order chi connectivity index (χ0) is 20.7. The molecule has 0 aliphatic heterocycles. The molecule has 0 saturated carbocycles. The summed E-state index contributed by atoms with van der Waals surface area (Å²) in [6.45, 7) is 4.14. The van der Waals surface area contributed by atoms with Crippen molar-refractivity contribution in [2.45, 2.75) is 26.9 Å².